The zero-order chi connectivity index (χ0) is 19.6. The number of benzene rings is 2. The van der Waals surface area contributed by atoms with Crippen molar-refractivity contribution in [2.24, 2.45) is 5.92 Å². The van der Waals surface area contributed by atoms with Gasteiger partial charge < -0.3 is 14.7 Å². The van der Waals surface area contributed by atoms with E-state index in [2.05, 4.69) is 4.74 Å². The second kappa shape index (κ2) is 7.69. The molecule has 1 saturated heterocycles. The summed E-state index contributed by atoms with van der Waals surface area (Å²) in [5.74, 6) is -4.42. The highest BCUT2D eigenvalue weighted by molar-refractivity contribution is 5.97. The molecule has 2 atom stereocenters. The van der Waals surface area contributed by atoms with Crippen LogP contribution in [0.5, 0.6) is 5.75 Å². The molecular formula is C19H16F3NO4. The van der Waals surface area contributed by atoms with Crippen LogP contribution in [0.4, 0.5) is 13.2 Å². The molecule has 1 amide bonds. The van der Waals surface area contributed by atoms with Crippen LogP contribution in [-0.2, 0) is 4.79 Å². The third kappa shape index (κ3) is 4.05. The summed E-state index contributed by atoms with van der Waals surface area (Å²) < 4.78 is 42.8. The van der Waals surface area contributed by atoms with E-state index in [1.165, 1.54) is 4.90 Å². The van der Waals surface area contributed by atoms with Gasteiger partial charge in [-0.2, -0.15) is 8.78 Å². The summed E-state index contributed by atoms with van der Waals surface area (Å²) in [6.45, 7) is -3.20. The second-order valence-corrected chi connectivity index (χ2v) is 6.19. The first-order valence-corrected chi connectivity index (χ1v) is 8.18. The van der Waals surface area contributed by atoms with E-state index in [-0.39, 0.29) is 18.7 Å². The first kappa shape index (κ1) is 18.8. The highest BCUT2D eigenvalue weighted by Crippen LogP contribution is 2.35. The van der Waals surface area contributed by atoms with Crippen molar-refractivity contribution in [2.75, 3.05) is 13.1 Å². The van der Waals surface area contributed by atoms with Crippen LogP contribution in [-0.4, -0.2) is 41.6 Å². The van der Waals surface area contributed by atoms with Gasteiger partial charge in [0.2, 0.25) is 0 Å². The minimum atomic E-state index is -3.22. The fraction of sp³-hybridized carbons (Fsp3) is 0.263. The van der Waals surface area contributed by atoms with Gasteiger partial charge >= 0.3 is 12.6 Å². The number of likely N-dealkylation sites (tertiary alicyclic amines) is 1. The van der Waals surface area contributed by atoms with Crippen LogP contribution in [0.1, 0.15) is 21.8 Å². The van der Waals surface area contributed by atoms with Crippen molar-refractivity contribution >= 4 is 11.9 Å². The minimum Gasteiger partial charge on any atom is -0.481 e. The summed E-state index contributed by atoms with van der Waals surface area (Å²) in [6, 6.07) is 11.6. The summed E-state index contributed by atoms with van der Waals surface area (Å²) in [6.07, 6.45) is 0. The van der Waals surface area contributed by atoms with Crippen LogP contribution in [0.3, 0.4) is 0 Å². The van der Waals surface area contributed by atoms with Crippen molar-refractivity contribution in [3.05, 3.63) is 65.5 Å². The zero-order valence-electron chi connectivity index (χ0n) is 14.0. The first-order valence-electron chi connectivity index (χ1n) is 8.18. The molecule has 0 bridgehead atoms. The van der Waals surface area contributed by atoms with Gasteiger partial charge in [-0.3, -0.25) is 9.59 Å². The standard InChI is InChI=1S/C19H16F3NO4/c20-12-6-7-13(16(8-12)27-19(21)22)17(24)23-9-14(15(10-23)18(25)26)11-4-2-1-3-5-11/h1-8,14-15,19H,9-10H2,(H,25,26). The van der Waals surface area contributed by atoms with Gasteiger partial charge in [0.25, 0.3) is 5.91 Å². The first-order chi connectivity index (χ1) is 12.9. The topological polar surface area (TPSA) is 66.8 Å². The van der Waals surface area contributed by atoms with E-state index < -0.39 is 41.9 Å². The predicted molar refractivity (Wildman–Crippen MR) is 89.2 cm³/mol. The van der Waals surface area contributed by atoms with Crippen molar-refractivity contribution in [1.82, 2.24) is 4.90 Å². The van der Waals surface area contributed by atoms with Crippen LogP contribution in [0.2, 0.25) is 0 Å². The lowest BCUT2D eigenvalue weighted by Crippen LogP contribution is -2.30. The van der Waals surface area contributed by atoms with Crippen molar-refractivity contribution in [2.45, 2.75) is 12.5 Å². The number of rotatable bonds is 5. The van der Waals surface area contributed by atoms with E-state index in [1.54, 1.807) is 30.3 Å². The highest BCUT2D eigenvalue weighted by atomic mass is 19.3. The average Bonchev–Trinajstić information content (AvgIpc) is 3.07. The number of carbonyl (C=O) groups is 2. The maximum Gasteiger partial charge on any atom is 0.387 e. The average molecular weight is 379 g/mol. The third-order valence-electron chi connectivity index (χ3n) is 4.54. The van der Waals surface area contributed by atoms with Gasteiger partial charge in [-0.05, 0) is 17.7 Å². The summed E-state index contributed by atoms with van der Waals surface area (Å²) >= 11 is 0. The molecule has 142 valence electrons. The Balaban J connectivity index is 1.89. The smallest absolute Gasteiger partial charge is 0.387 e. The van der Waals surface area contributed by atoms with Crippen molar-refractivity contribution in [3.8, 4) is 5.75 Å². The predicted octanol–water partition coefficient (Wildman–Crippen LogP) is 3.37. The molecule has 0 radical (unpaired) electrons. The van der Waals surface area contributed by atoms with Crippen molar-refractivity contribution in [3.63, 3.8) is 0 Å². The lowest BCUT2D eigenvalue weighted by atomic mass is 9.89. The van der Waals surface area contributed by atoms with Gasteiger partial charge in [-0.15, -0.1) is 0 Å². The molecule has 3 rings (SSSR count). The Morgan fingerprint density at radius 3 is 2.44 bits per heavy atom. The second-order valence-electron chi connectivity index (χ2n) is 6.19. The Hall–Kier alpha value is -3.03. The Morgan fingerprint density at radius 2 is 1.81 bits per heavy atom. The van der Waals surface area contributed by atoms with Crippen LogP contribution in [0, 0.1) is 11.7 Å². The van der Waals surface area contributed by atoms with Gasteiger partial charge in [0.1, 0.15) is 11.6 Å². The van der Waals surface area contributed by atoms with Gasteiger partial charge in [0, 0.05) is 25.1 Å². The lowest BCUT2D eigenvalue weighted by Gasteiger charge is -2.18. The number of amides is 1. The van der Waals surface area contributed by atoms with Gasteiger partial charge in [0.15, 0.2) is 0 Å². The summed E-state index contributed by atoms with van der Waals surface area (Å²) in [5.41, 5.74) is 0.526. The minimum absolute atomic E-state index is 0.0841. The molecule has 1 N–H and O–H groups in total. The molecule has 5 nitrogen and oxygen atoms in total. The number of carboxylic acid groups (broad SMARTS) is 1. The number of alkyl halides is 2. The molecule has 27 heavy (non-hydrogen) atoms. The number of carboxylic acids is 1. The molecule has 0 aliphatic carbocycles. The Morgan fingerprint density at radius 1 is 1.11 bits per heavy atom. The Labute approximate surface area is 153 Å². The van der Waals surface area contributed by atoms with Gasteiger partial charge in [0.05, 0.1) is 11.5 Å². The largest absolute Gasteiger partial charge is 0.481 e. The molecular weight excluding hydrogens is 363 g/mol. The lowest BCUT2D eigenvalue weighted by molar-refractivity contribution is -0.141. The molecule has 1 aliphatic rings. The number of ether oxygens (including phenoxy) is 1. The zero-order valence-corrected chi connectivity index (χ0v) is 14.0. The van der Waals surface area contributed by atoms with Crippen LogP contribution in [0.25, 0.3) is 0 Å². The fourth-order valence-electron chi connectivity index (χ4n) is 3.29. The van der Waals surface area contributed by atoms with E-state index >= 15 is 0 Å². The molecule has 0 saturated carbocycles. The number of halogens is 3. The number of nitrogens with zero attached hydrogens (tertiary/aromatic N) is 1. The van der Waals surface area contributed by atoms with E-state index in [4.69, 9.17) is 0 Å². The molecule has 1 aliphatic heterocycles. The number of aliphatic carboxylic acids is 1. The van der Waals surface area contributed by atoms with E-state index in [0.717, 1.165) is 17.7 Å². The Kier molecular flexibility index (Phi) is 5.34. The van der Waals surface area contributed by atoms with Gasteiger partial charge in [-0.25, -0.2) is 4.39 Å². The maximum absolute atomic E-state index is 13.4. The SMILES string of the molecule is O=C(O)C1CN(C(=O)c2ccc(F)cc2OC(F)F)CC1c1ccccc1. The molecule has 2 aromatic rings. The summed E-state index contributed by atoms with van der Waals surface area (Å²) in [5, 5.41) is 9.51. The summed E-state index contributed by atoms with van der Waals surface area (Å²) in [7, 11) is 0. The molecule has 0 spiro atoms. The molecule has 2 aromatic carbocycles. The van der Waals surface area contributed by atoms with Crippen LogP contribution >= 0.6 is 0 Å². The van der Waals surface area contributed by atoms with Crippen LogP contribution < -0.4 is 4.74 Å². The number of carbonyl (C=O) groups excluding carboxylic acids is 1. The van der Waals surface area contributed by atoms with E-state index in [0.29, 0.717) is 6.07 Å². The fourth-order valence-corrected chi connectivity index (χ4v) is 3.29. The maximum atomic E-state index is 13.4. The molecule has 2 unspecified atom stereocenters. The molecule has 8 heteroatoms. The normalized spacial score (nSPS) is 19.3. The quantitative estimate of drug-likeness (QED) is 0.865. The highest BCUT2D eigenvalue weighted by Gasteiger charge is 2.41. The number of hydrogen-bond acceptors (Lipinski definition) is 3. The van der Waals surface area contributed by atoms with Crippen molar-refractivity contribution < 1.29 is 32.6 Å². The number of hydrogen-bond donors (Lipinski definition) is 1. The Bertz CT molecular complexity index is 844. The van der Waals surface area contributed by atoms with E-state index in [1.807, 2.05) is 0 Å². The van der Waals surface area contributed by atoms with Crippen LogP contribution in [0.15, 0.2) is 48.5 Å². The molecule has 1 heterocycles. The molecule has 1 fully saturated rings. The van der Waals surface area contributed by atoms with Gasteiger partial charge in [-0.1, -0.05) is 30.3 Å². The van der Waals surface area contributed by atoms with E-state index in [9.17, 15) is 27.9 Å². The monoisotopic (exact) mass is 379 g/mol. The third-order valence-corrected chi connectivity index (χ3v) is 4.54. The molecule has 0 aromatic heterocycles. The summed E-state index contributed by atoms with van der Waals surface area (Å²) in [4.78, 5) is 25.7. The van der Waals surface area contributed by atoms with Crippen molar-refractivity contribution in [1.29, 1.82) is 0 Å².